The minimum Gasteiger partial charge on any atom is -0.326 e. The lowest BCUT2D eigenvalue weighted by atomic mass is 10.2. The highest BCUT2D eigenvalue weighted by atomic mass is 16.1. The molecule has 0 aliphatic rings. The first kappa shape index (κ1) is 17.2. The van der Waals surface area contributed by atoms with Crippen LogP contribution in [0.25, 0.3) is 0 Å². The fourth-order valence-electron chi connectivity index (χ4n) is 2.39. The van der Waals surface area contributed by atoms with Crippen molar-refractivity contribution in [3.8, 4) is 0 Å². The van der Waals surface area contributed by atoms with Gasteiger partial charge in [-0.15, -0.1) is 0 Å². The molecule has 4 heteroatoms. The Morgan fingerprint density at radius 1 is 1.00 bits per heavy atom. The van der Waals surface area contributed by atoms with Crippen LogP contribution >= 0.6 is 0 Å². The summed E-state index contributed by atoms with van der Waals surface area (Å²) in [4.78, 5) is 13.3. The third kappa shape index (κ3) is 6.63. The maximum atomic E-state index is 11.0. The van der Waals surface area contributed by atoms with Crippen molar-refractivity contribution >= 4 is 11.6 Å². The molecule has 122 valence electrons. The number of hydrogen-bond donors (Lipinski definition) is 2. The summed E-state index contributed by atoms with van der Waals surface area (Å²) in [6.07, 6.45) is 0. The number of likely N-dealkylation sites (N-methyl/N-ethyl adjacent to an activating group) is 1. The number of rotatable bonds is 8. The Morgan fingerprint density at radius 3 is 2.35 bits per heavy atom. The van der Waals surface area contributed by atoms with Crippen LogP contribution < -0.4 is 10.6 Å². The van der Waals surface area contributed by atoms with E-state index in [2.05, 4.69) is 46.8 Å². The number of carbonyl (C=O) groups excluding carboxylic acids is 1. The monoisotopic (exact) mass is 311 g/mol. The second-order valence-corrected chi connectivity index (χ2v) is 5.78. The van der Waals surface area contributed by atoms with Crippen LogP contribution in [0.2, 0.25) is 0 Å². The Bertz CT molecular complexity index is 596. The van der Waals surface area contributed by atoms with Crippen molar-refractivity contribution in [2.24, 2.45) is 0 Å². The standard InChI is InChI=1S/C19H25N3O/c1-16(23)21-19-10-8-17(9-11-19)14-20-12-13-22(2)15-18-6-4-3-5-7-18/h3-11,20H,12-15H2,1-2H3,(H,21,23). The van der Waals surface area contributed by atoms with E-state index in [4.69, 9.17) is 0 Å². The van der Waals surface area contributed by atoms with Crippen molar-refractivity contribution in [2.45, 2.75) is 20.0 Å². The van der Waals surface area contributed by atoms with E-state index in [1.165, 1.54) is 18.1 Å². The first-order valence-corrected chi connectivity index (χ1v) is 7.93. The number of nitrogens with one attached hydrogen (secondary N) is 2. The van der Waals surface area contributed by atoms with Crippen LogP contribution in [0.5, 0.6) is 0 Å². The zero-order chi connectivity index (χ0) is 16.5. The molecule has 4 nitrogen and oxygen atoms in total. The summed E-state index contributed by atoms with van der Waals surface area (Å²) < 4.78 is 0. The number of hydrogen-bond acceptors (Lipinski definition) is 3. The van der Waals surface area contributed by atoms with Crippen molar-refractivity contribution in [1.82, 2.24) is 10.2 Å². The summed E-state index contributed by atoms with van der Waals surface area (Å²) in [7, 11) is 2.14. The first-order chi connectivity index (χ1) is 11.1. The van der Waals surface area contributed by atoms with E-state index >= 15 is 0 Å². The molecule has 23 heavy (non-hydrogen) atoms. The summed E-state index contributed by atoms with van der Waals surface area (Å²) in [5, 5.41) is 6.22. The number of nitrogens with zero attached hydrogens (tertiary/aromatic N) is 1. The van der Waals surface area contributed by atoms with Crippen LogP contribution in [-0.4, -0.2) is 30.9 Å². The molecule has 0 spiro atoms. The van der Waals surface area contributed by atoms with Crippen LogP contribution in [-0.2, 0) is 17.9 Å². The Hall–Kier alpha value is -2.17. The number of carbonyl (C=O) groups is 1. The molecule has 0 bridgehead atoms. The predicted molar refractivity (Wildman–Crippen MR) is 95.2 cm³/mol. The van der Waals surface area contributed by atoms with Crippen molar-refractivity contribution in [1.29, 1.82) is 0 Å². The highest BCUT2D eigenvalue weighted by Crippen LogP contribution is 2.09. The van der Waals surface area contributed by atoms with E-state index in [-0.39, 0.29) is 5.91 Å². The lowest BCUT2D eigenvalue weighted by Gasteiger charge is -2.17. The van der Waals surface area contributed by atoms with E-state index in [0.29, 0.717) is 0 Å². The summed E-state index contributed by atoms with van der Waals surface area (Å²) in [6, 6.07) is 18.4. The molecule has 2 N–H and O–H groups in total. The summed E-state index contributed by atoms with van der Waals surface area (Å²) in [5.74, 6) is -0.0441. The van der Waals surface area contributed by atoms with Gasteiger partial charge in [-0.1, -0.05) is 42.5 Å². The van der Waals surface area contributed by atoms with Gasteiger partial charge in [-0.3, -0.25) is 4.79 Å². The highest BCUT2D eigenvalue weighted by Gasteiger charge is 2.00. The normalized spacial score (nSPS) is 10.7. The van der Waals surface area contributed by atoms with Gasteiger partial charge >= 0.3 is 0 Å². The molecule has 0 aromatic heterocycles. The Kier molecular flexibility index (Phi) is 6.78. The lowest BCUT2D eigenvalue weighted by molar-refractivity contribution is -0.114. The molecule has 1 amide bonds. The Labute approximate surface area is 138 Å². The van der Waals surface area contributed by atoms with Gasteiger partial charge in [0.2, 0.25) is 5.91 Å². The summed E-state index contributed by atoms with van der Waals surface area (Å²) >= 11 is 0. The molecule has 0 heterocycles. The Balaban J connectivity index is 1.66. The zero-order valence-corrected chi connectivity index (χ0v) is 13.9. The average Bonchev–Trinajstić information content (AvgIpc) is 2.53. The van der Waals surface area contributed by atoms with Gasteiger partial charge in [0.05, 0.1) is 0 Å². The van der Waals surface area contributed by atoms with Crippen molar-refractivity contribution in [2.75, 3.05) is 25.5 Å². The van der Waals surface area contributed by atoms with Gasteiger partial charge in [0.1, 0.15) is 0 Å². The van der Waals surface area contributed by atoms with Gasteiger partial charge < -0.3 is 15.5 Å². The maximum Gasteiger partial charge on any atom is 0.221 e. The fourth-order valence-corrected chi connectivity index (χ4v) is 2.39. The van der Waals surface area contributed by atoms with E-state index in [1.807, 2.05) is 30.3 Å². The summed E-state index contributed by atoms with van der Waals surface area (Å²) in [6.45, 7) is 5.25. The third-order valence-electron chi connectivity index (χ3n) is 3.57. The molecule has 0 aliphatic heterocycles. The van der Waals surface area contributed by atoms with Gasteiger partial charge in [-0.2, -0.15) is 0 Å². The molecule has 0 saturated carbocycles. The van der Waals surface area contributed by atoms with Crippen LogP contribution in [0.4, 0.5) is 5.69 Å². The van der Waals surface area contributed by atoms with Gasteiger partial charge in [0.25, 0.3) is 0 Å². The third-order valence-corrected chi connectivity index (χ3v) is 3.57. The number of anilines is 1. The van der Waals surface area contributed by atoms with Crippen LogP contribution in [0, 0.1) is 0 Å². The molecule has 2 aromatic rings. The first-order valence-electron chi connectivity index (χ1n) is 7.93. The molecule has 0 aliphatic carbocycles. The van der Waals surface area contributed by atoms with E-state index in [0.717, 1.165) is 31.9 Å². The van der Waals surface area contributed by atoms with Crippen molar-refractivity contribution in [3.05, 3.63) is 65.7 Å². The SMILES string of the molecule is CC(=O)Nc1ccc(CNCCN(C)Cc2ccccc2)cc1. The minimum atomic E-state index is -0.0441. The van der Waals surface area contributed by atoms with E-state index in [9.17, 15) is 4.79 Å². The molecular formula is C19H25N3O. The molecule has 0 radical (unpaired) electrons. The lowest BCUT2D eigenvalue weighted by Crippen LogP contribution is -2.28. The van der Waals surface area contributed by atoms with Crippen LogP contribution in [0.15, 0.2) is 54.6 Å². The highest BCUT2D eigenvalue weighted by molar-refractivity contribution is 5.88. The molecule has 0 saturated heterocycles. The van der Waals surface area contributed by atoms with Gasteiger partial charge in [-0.05, 0) is 30.3 Å². The second-order valence-electron chi connectivity index (χ2n) is 5.78. The van der Waals surface area contributed by atoms with Crippen molar-refractivity contribution < 1.29 is 4.79 Å². The molecule has 2 rings (SSSR count). The summed E-state index contributed by atoms with van der Waals surface area (Å²) in [5.41, 5.74) is 3.39. The van der Waals surface area contributed by atoms with Crippen LogP contribution in [0.3, 0.4) is 0 Å². The second kappa shape index (κ2) is 9.08. The van der Waals surface area contributed by atoms with E-state index in [1.54, 1.807) is 0 Å². The molecule has 0 atom stereocenters. The quantitative estimate of drug-likeness (QED) is 0.737. The fraction of sp³-hybridized carbons (Fsp3) is 0.316. The topological polar surface area (TPSA) is 44.4 Å². The van der Waals surface area contributed by atoms with Gasteiger partial charge in [-0.25, -0.2) is 0 Å². The molecular weight excluding hydrogens is 286 g/mol. The van der Waals surface area contributed by atoms with E-state index < -0.39 is 0 Å². The molecule has 0 fully saturated rings. The Morgan fingerprint density at radius 2 is 1.70 bits per heavy atom. The zero-order valence-electron chi connectivity index (χ0n) is 13.9. The largest absolute Gasteiger partial charge is 0.326 e. The number of amides is 1. The smallest absolute Gasteiger partial charge is 0.221 e. The predicted octanol–water partition coefficient (Wildman–Crippen LogP) is 2.87. The molecule has 0 unspecified atom stereocenters. The average molecular weight is 311 g/mol. The number of benzene rings is 2. The van der Waals surface area contributed by atoms with Gasteiger partial charge in [0, 0.05) is 38.8 Å². The van der Waals surface area contributed by atoms with Gasteiger partial charge in [0.15, 0.2) is 0 Å². The minimum absolute atomic E-state index is 0.0441. The van der Waals surface area contributed by atoms with Crippen molar-refractivity contribution in [3.63, 3.8) is 0 Å². The molecule has 2 aromatic carbocycles. The maximum absolute atomic E-state index is 11.0. The van der Waals surface area contributed by atoms with Crippen LogP contribution in [0.1, 0.15) is 18.1 Å².